The second-order valence-corrected chi connectivity index (χ2v) is 36.6. The minimum atomic E-state index is -0.449. The summed E-state index contributed by atoms with van der Waals surface area (Å²) in [7, 11) is 0. The van der Waals surface area contributed by atoms with Crippen molar-refractivity contribution in [2.24, 2.45) is 0 Å². The van der Waals surface area contributed by atoms with Crippen LogP contribution in [0.3, 0.4) is 0 Å². The molecule has 0 saturated carbocycles. The summed E-state index contributed by atoms with van der Waals surface area (Å²) in [6.45, 7) is 22.7. The first kappa shape index (κ1) is 83.4. The van der Waals surface area contributed by atoms with Gasteiger partial charge in [0.15, 0.2) is 0 Å². The van der Waals surface area contributed by atoms with Crippen LogP contribution in [0.4, 0.5) is 22.7 Å². The van der Waals surface area contributed by atoms with E-state index in [0.29, 0.717) is 61.4 Å². The fraction of sp³-hybridized carbons (Fsp3) is 0.180. The number of amides is 2. The first-order valence-electron chi connectivity index (χ1n) is 46.0. The van der Waals surface area contributed by atoms with E-state index in [1.807, 2.05) is 12.1 Å². The number of unbranched alkanes of at least 4 members (excludes halogenated alkanes) is 4. The zero-order valence-electron chi connectivity index (χ0n) is 75.0. The van der Waals surface area contributed by atoms with E-state index in [2.05, 4.69) is 426 Å². The Balaban J connectivity index is 0.988. The first-order valence-corrected chi connectivity index (χ1v) is 46.0. The van der Waals surface area contributed by atoms with Crippen molar-refractivity contribution in [1.82, 2.24) is 0 Å². The lowest BCUT2D eigenvalue weighted by Crippen LogP contribution is -2.42. The predicted octanol–water partition coefficient (Wildman–Crippen LogP) is 34.9. The van der Waals surface area contributed by atoms with E-state index in [-0.39, 0.29) is 22.7 Å². The molecular weight excluding hydrogens is 1560 g/mol. The molecule has 0 atom stereocenters. The Bertz CT molecular complexity index is 6730. The van der Waals surface area contributed by atoms with Crippen molar-refractivity contribution in [2.45, 2.75) is 143 Å². The van der Waals surface area contributed by atoms with Gasteiger partial charge < -0.3 is 14.4 Å². The summed E-state index contributed by atoms with van der Waals surface area (Å²) in [4.78, 5) is 38.8. The van der Waals surface area contributed by atoms with E-state index < -0.39 is 11.8 Å². The van der Waals surface area contributed by atoms with Crippen LogP contribution in [0.1, 0.15) is 175 Å². The zero-order chi connectivity index (χ0) is 87.9. The lowest BCUT2D eigenvalue weighted by Gasteiger charge is -2.34. The van der Waals surface area contributed by atoms with Gasteiger partial charge in [0, 0.05) is 60.6 Å². The van der Waals surface area contributed by atoms with Gasteiger partial charge in [-0.3, -0.25) is 9.59 Å². The van der Waals surface area contributed by atoms with Gasteiger partial charge in [-0.05, 0) is 195 Å². The number of ether oxygens (including phenoxy) is 2. The minimum Gasteiger partial charge on any atom is -0.456 e. The van der Waals surface area contributed by atoms with Crippen LogP contribution in [0.5, 0.6) is 23.0 Å². The van der Waals surface area contributed by atoms with Gasteiger partial charge in [-0.15, -0.1) is 0 Å². The fourth-order valence-corrected chi connectivity index (χ4v) is 20.2. The predicted molar refractivity (Wildman–Crippen MR) is 539 cm³/mol. The normalized spacial score (nSPS) is 12.4. The SMILES string of the molecule is CCCCCC(C)(C)c1ccc(N(c2ccc(C(C)(C)CCCCC)cc2)c2ccc3c4c(Oc5cc(-c6ccccc6)c(-c6ccccc6)c(-c6ccccc6)c5-c5ccccc5)cc5c6c(cc(Oc7cc(-c8ccccc8)c(-c8ccccc8)c(-c8ccccc8)c7-c7ccccc7)c(c7cccc2c73)c64)C(=O)N(c2c(C(C)C)cccc2C(C)C)C5=O)cc1. The molecule has 0 N–H and O–H groups in total. The van der Waals surface area contributed by atoms with Crippen LogP contribution < -0.4 is 19.3 Å². The number of nitrogens with zero attached hydrogens (tertiary/aromatic N) is 2. The number of rotatable bonds is 28. The third kappa shape index (κ3) is 15.4. The van der Waals surface area contributed by atoms with Crippen LogP contribution in [-0.2, 0) is 10.8 Å². The average molecular weight is 1670 g/mol. The highest BCUT2D eigenvalue weighted by atomic mass is 16.5. The minimum absolute atomic E-state index is 0.0584. The quantitative estimate of drug-likeness (QED) is 0.0212. The van der Waals surface area contributed by atoms with Gasteiger partial charge in [0.1, 0.15) is 23.0 Å². The number of para-hydroxylation sites is 1. The van der Waals surface area contributed by atoms with Crippen molar-refractivity contribution in [2.75, 3.05) is 9.80 Å². The molecule has 1 heterocycles. The van der Waals surface area contributed by atoms with Crippen molar-refractivity contribution in [3.63, 3.8) is 0 Å². The Morgan fingerprint density at radius 1 is 0.289 bits per heavy atom. The van der Waals surface area contributed by atoms with Crippen LogP contribution in [-0.4, -0.2) is 11.8 Å². The number of hydrogen-bond acceptors (Lipinski definition) is 5. The van der Waals surface area contributed by atoms with E-state index in [1.165, 1.54) is 28.9 Å². The average Bonchev–Trinajstić information content (AvgIpc) is 0.679. The summed E-state index contributed by atoms with van der Waals surface area (Å²) >= 11 is 0. The van der Waals surface area contributed by atoms with Crippen LogP contribution in [0, 0.1) is 0 Å². The summed E-state index contributed by atoms with van der Waals surface area (Å²) < 4.78 is 16.9. The van der Waals surface area contributed by atoms with E-state index in [4.69, 9.17) is 9.47 Å². The fourth-order valence-electron chi connectivity index (χ4n) is 20.2. The molecule has 0 aromatic heterocycles. The molecule has 1 aliphatic rings. The molecule has 0 fully saturated rings. The molecule has 0 unspecified atom stereocenters. The molecule has 0 saturated heterocycles. The topological polar surface area (TPSA) is 59.1 Å². The Morgan fingerprint density at radius 3 is 0.969 bits per heavy atom. The molecule has 2 amide bonds. The van der Waals surface area contributed by atoms with E-state index in [1.54, 1.807) is 0 Å². The largest absolute Gasteiger partial charge is 0.456 e. The molecule has 18 aromatic carbocycles. The first-order chi connectivity index (χ1) is 62.5. The molecule has 0 spiro atoms. The van der Waals surface area contributed by atoms with Gasteiger partial charge in [-0.25, -0.2) is 4.90 Å². The maximum Gasteiger partial charge on any atom is 0.266 e. The van der Waals surface area contributed by atoms with E-state index in [9.17, 15) is 0 Å². The Kier molecular flexibility index (Phi) is 23.0. The number of fused-ring (bicyclic) bond motifs is 2. The molecular formula is C122H108N2O4. The van der Waals surface area contributed by atoms with Gasteiger partial charge >= 0.3 is 0 Å². The van der Waals surface area contributed by atoms with E-state index >= 15 is 9.59 Å². The molecule has 630 valence electrons. The maximum atomic E-state index is 17.4. The lowest BCUT2D eigenvalue weighted by molar-refractivity contribution is 0.0892. The molecule has 6 heteroatoms. The number of benzene rings is 18. The smallest absolute Gasteiger partial charge is 0.266 e. The number of imide groups is 1. The second-order valence-electron chi connectivity index (χ2n) is 36.6. The third-order valence-corrected chi connectivity index (χ3v) is 26.8. The molecule has 128 heavy (non-hydrogen) atoms. The van der Waals surface area contributed by atoms with Gasteiger partial charge in [0.25, 0.3) is 11.8 Å². The highest BCUT2D eigenvalue weighted by Gasteiger charge is 2.42. The maximum absolute atomic E-state index is 17.4. The number of hydrogen-bond donors (Lipinski definition) is 0. The Labute approximate surface area is 754 Å². The van der Waals surface area contributed by atoms with Crippen LogP contribution in [0.2, 0.25) is 0 Å². The molecule has 19 rings (SSSR count). The van der Waals surface area contributed by atoms with Gasteiger partial charge in [0.05, 0.1) is 22.5 Å². The molecule has 1 aliphatic heterocycles. The summed E-state index contributed by atoms with van der Waals surface area (Å²) in [5.41, 5.74) is 24.1. The molecule has 18 aromatic rings. The van der Waals surface area contributed by atoms with Crippen molar-refractivity contribution in [3.05, 3.63) is 397 Å². The zero-order valence-corrected chi connectivity index (χ0v) is 75.0. The Morgan fingerprint density at radius 2 is 0.609 bits per heavy atom. The van der Waals surface area contributed by atoms with Gasteiger partial charge in [-0.2, -0.15) is 0 Å². The molecule has 0 aliphatic carbocycles. The Hall–Kier alpha value is -14.2. The van der Waals surface area contributed by atoms with Crippen molar-refractivity contribution >= 4 is 77.7 Å². The second kappa shape index (κ2) is 35.3. The molecule has 0 radical (unpaired) electrons. The van der Waals surface area contributed by atoms with Crippen molar-refractivity contribution < 1.29 is 19.1 Å². The van der Waals surface area contributed by atoms with Crippen LogP contribution in [0.15, 0.2) is 364 Å². The van der Waals surface area contributed by atoms with Crippen molar-refractivity contribution in [3.8, 4) is 112 Å². The number of anilines is 4. The molecule has 6 nitrogen and oxygen atoms in total. The van der Waals surface area contributed by atoms with E-state index in [0.717, 1.165) is 177 Å². The van der Waals surface area contributed by atoms with Crippen LogP contribution in [0.25, 0.3) is 132 Å². The molecule has 0 bridgehead atoms. The summed E-state index contributed by atoms with van der Waals surface area (Å²) in [6, 6.07) is 130. The van der Waals surface area contributed by atoms with Crippen molar-refractivity contribution in [1.29, 1.82) is 0 Å². The monoisotopic (exact) mass is 1660 g/mol. The van der Waals surface area contributed by atoms with Crippen LogP contribution >= 0.6 is 0 Å². The van der Waals surface area contributed by atoms with Gasteiger partial charge in [0.2, 0.25) is 0 Å². The third-order valence-electron chi connectivity index (χ3n) is 26.8. The summed E-state index contributed by atoms with van der Waals surface area (Å²) in [5, 5.41) is 6.25. The highest BCUT2D eigenvalue weighted by Crippen LogP contribution is 2.60. The van der Waals surface area contributed by atoms with Gasteiger partial charge in [-0.1, -0.05) is 417 Å². The standard InChI is InChI=1S/C122H108N2O4/c1-11-13-39-73-121(7,8)89-63-67-91(68-64-89)123(92-69-65-90(66-70-92)122(9,10)74-40-14-12-2)102-72-71-97-113-95(102)61-42-62-96(113)115-105(127-103-75-98(81-43-23-15-24-44-81)107(83-47-27-17-28-48-83)111(87-55-35-21-36-56-87)109(103)85-51-31-19-32-52-85)77-100-114-101(120(126)124(119(100)125)118-93(79(3)4)59-41-60-94(118)80(5)6)78-106(116(97)117(114)115)128-104-76-99(82-45-25-16-26-46-82)108(84-49-29-18-30-50-84)112(88-57-37-22-38-58-88)110(104)86-53-33-20-34-54-86/h15-38,41-72,75-80H,11-14,39-40,73-74H2,1-10H3. The summed E-state index contributed by atoms with van der Waals surface area (Å²) in [6.07, 6.45) is 9.19. The highest BCUT2D eigenvalue weighted by molar-refractivity contribution is 6.44. The lowest BCUT2D eigenvalue weighted by atomic mass is 9.79. The number of carbonyl (C=O) groups excluding carboxylic acids is 2. The number of carbonyl (C=O) groups is 2. The summed E-state index contributed by atoms with van der Waals surface area (Å²) in [5.74, 6) is 0.903.